The lowest BCUT2D eigenvalue weighted by Gasteiger charge is -2.17. The van der Waals surface area contributed by atoms with Gasteiger partial charge in [0, 0.05) is 19.7 Å². The van der Waals surface area contributed by atoms with Crippen LogP contribution in [0.25, 0.3) is 0 Å². The number of aliphatic carboxylic acids is 1. The fourth-order valence-corrected chi connectivity index (χ4v) is 1.32. The molecule has 0 aliphatic heterocycles. The average molecular weight is 196 g/mol. The quantitative estimate of drug-likeness (QED) is 0.794. The van der Waals surface area contributed by atoms with Gasteiger partial charge in [-0.3, -0.25) is 9.48 Å². The SMILES string of the molecule is Cc1cn(C)nc1CC(C)(C)C(=O)O. The molecule has 0 fully saturated rings. The summed E-state index contributed by atoms with van der Waals surface area (Å²) in [5.74, 6) is -0.789. The van der Waals surface area contributed by atoms with Gasteiger partial charge in [0.25, 0.3) is 0 Å². The number of aryl methyl sites for hydroxylation is 2. The molecular formula is C10H16N2O2. The molecule has 0 aliphatic rings. The Hall–Kier alpha value is -1.32. The summed E-state index contributed by atoms with van der Waals surface area (Å²) in [6.45, 7) is 5.37. The molecule has 1 rings (SSSR count). The van der Waals surface area contributed by atoms with E-state index in [-0.39, 0.29) is 0 Å². The van der Waals surface area contributed by atoms with E-state index in [9.17, 15) is 4.79 Å². The number of carboxylic acids is 1. The molecule has 14 heavy (non-hydrogen) atoms. The van der Waals surface area contributed by atoms with Crippen LogP contribution in [-0.4, -0.2) is 20.9 Å². The van der Waals surface area contributed by atoms with E-state index in [1.807, 2.05) is 20.2 Å². The summed E-state index contributed by atoms with van der Waals surface area (Å²) in [7, 11) is 1.84. The first-order valence-electron chi connectivity index (χ1n) is 4.55. The highest BCUT2D eigenvalue weighted by Crippen LogP contribution is 2.22. The number of carboxylic acid groups (broad SMARTS) is 1. The topological polar surface area (TPSA) is 55.1 Å². The lowest BCUT2D eigenvalue weighted by Crippen LogP contribution is -2.26. The van der Waals surface area contributed by atoms with Gasteiger partial charge in [-0.05, 0) is 26.3 Å². The van der Waals surface area contributed by atoms with Crippen molar-refractivity contribution in [1.29, 1.82) is 0 Å². The fraction of sp³-hybridized carbons (Fsp3) is 0.600. The highest BCUT2D eigenvalue weighted by Gasteiger charge is 2.29. The van der Waals surface area contributed by atoms with Gasteiger partial charge >= 0.3 is 5.97 Å². The third-order valence-corrected chi connectivity index (χ3v) is 2.30. The first kappa shape index (κ1) is 10.8. The molecule has 0 saturated heterocycles. The van der Waals surface area contributed by atoms with Gasteiger partial charge in [0.15, 0.2) is 0 Å². The smallest absolute Gasteiger partial charge is 0.309 e. The molecule has 1 aromatic rings. The van der Waals surface area contributed by atoms with Crippen LogP contribution in [0.1, 0.15) is 25.1 Å². The van der Waals surface area contributed by atoms with Gasteiger partial charge in [0.2, 0.25) is 0 Å². The Kier molecular flexibility index (Phi) is 2.64. The largest absolute Gasteiger partial charge is 0.481 e. The second kappa shape index (κ2) is 3.44. The molecule has 0 aromatic carbocycles. The maximum atomic E-state index is 10.9. The molecule has 0 unspecified atom stereocenters. The molecule has 4 nitrogen and oxygen atoms in total. The second-order valence-corrected chi connectivity index (χ2v) is 4.30. The van der Waals surface area contributed by atoms with Crippen LogP contribution in [-0.2, 0) is 18.3 Å². The predicted molar refractivity (Wildman–Crippen MR) is 53.1 cm³/mol. The normalized spacial score (nSPS) is 11.7. The van der Waals surface area contributed by atoms with Crippen molar-refractivity contribution >= 4 is 5.97 Å². The standard InChI is InChI=1S/C10H16N2O2/c1-7-6-12(4)11-8(7)5-10(2,3)9(13)14/h6H,5H2,1-4H3,(H,13,14). The Bertz CT molecular complexity index is 353. The lowest BCUT2D eigenvalue weighted by molar-refractivity contribution is -0.146. The zero-order valence-corrected chi connectivity index (χ0v) is 9.03. The fourth-order valence-electron chi connectivity index (χ4n) is 1.32. The van der Waals surface area contributed by atoms with Crippen LogP contribution in [0.5, 0.6) is 0 Å². The van der Waals surface area contributed by atoms with Crippen molar-refractivity contribution < 1.29 is 9.90 Å². The Morgan fingerprint density at radius 3 is 2.57 bits per heavy atom. The Morgan fingerprint density at radius 1 is 1.64 bits per heavy atom. The zero-order valence-electron chi connectivity index (χ0n) is 9.03. The monoisotopic (exact) mass is 196 g/mol. The minimum absolute atomic E-state index is 0.467. The van der Waals surface area contributed by atoms with E-state index < -0.39 is 11.4 Å². The summed E-state index contributed by atoms with van der Waals surface area (Å²) in [6, 6.07) is 0. The van der Waals surface area contributed by atoms with E-state index in [0.29, 0.717) is 6.42 Å². The number of hydrogen-bond acceptors (Lipinski definition) is 2. The number of hydrogen-bond donors (Lipinski definition) is 1. The first-order valence-corrected chi connectivity index (χ1v) is 4.55. The second-order valence-electron chi connectivity index (χ2n) is 4.30. The van der Waals surface area contributed by atoms with Crippen LogP contribution in [0.3, 0.4) is 0 Å². The van der Waals surface area contributed by atoms with Gasteiger partial charge in [-0.15, -0.1) is 0 Å². The van der Waals surface area contributed by atoms with Crippen molar-refractivity contribution in [1.82, 2.24) is 9.78 Å². The summed E-state index contributed by atoms with van der Waals surface area (Å²) in [5.41, 5.74) is 1.15. The van der Waals surface area contributed by atoms with E-state index in [1.54, 1.807) is 18.5 Å². The summed E-state index contributed by atoms with van der Waals surface area (Å²) < 4.78 is 1.71. The Labute approximate surface area is 83.5 Å². The molecule has 0 atom stereocenters. The molecule has 1 aromatic heterocycles. The van der Waals surface area contributed by atoms with Crippen molar-refractivity contribution in [3.05, 3.63) is 17.5 Å². The Morgan fingerprint density at radius 2 is 2.21 bits per heavy atom. The lowest BCUT2D eigenvalue weighted by atomic mass is 9.87. The summed E-state index contributed by atoms with van der Waals surface area (Å²) >= 11 is 0. The van der Waals surface area contributed by atoms with Gasteiger partial charge in [-0.1, -0.05) is 0 Å². The number of aromatic nitrogens is 2. The van der Waals surface area contributed by atoms with Crippen LogP contribution in [0.15, 0.2) is 6.20 Å². The van der Waals surface area contributed by atoms with E-state index >= 15 is 0 Å². The van der Waals surface area contributed by atoms with Crippen molar-refractivity contribution in [2.45, 2.75) is 27.2 Å². The molecule has 78 valence electrons. The minimum atomic E-state index is -0.789. The van der Waals surface area contributed by atoms with Crippen LogP contribution in [0.2, 0.25) is 0 Å². The van der Waals surface area contributed by atoms with Crippen molar-refractivity contribution in [2.75, 3.05) is 0 Å². The molecule has 0 radical (unpaired) electrons. The van der Waals surface area contributed by atoms with Gasteiger partial charge in [0.1, 0.15) is 0 Å². The molecule has 0 saturated carbocycles. The van der Waals surface area contributed by atoms with E-state index in [2.05, 4.69) is 5.10 Å². The van der Waals surface area contributed by atoms with Crippen LogP contribution >= 0.6 is 0 Å². The maximum Gasteiger partial charge on any atom is 0.309 e. The first-order chi connectivity index (χ1) is 6.33. The molecular weight excluding hydrogens is 180 g/mol. The summed E-state index contributed by atoms with van der Waals surface area (Å²) in [5, 5.41) is 13.2. The van der Waals surface area contributed by atoms with Crippen LogP contribution in [0.4, 0.5) is 0 Å². The Balaban J connectivity index is 2.88. The minimum Gasteiger partial charge on any atom is -0.481 e. The van der Waals surface area contributed by atoms with Gasteiger partial charge < -0.3 is 5.11 Å². The van der Waals surface area contributed by atoms with Crippen molar-refractivity contribution in [3.63, 3.8) is 0 Å². The van der Waals surface area contributed by atoms with Crippen LogP contribution < -0.4 is 0 Å². The van der Waals surface area contributed by atoms with Crippen LogP contribution in [0, 0.1) is 12.3 Å². The van der Waals surface area contributed by atoms with Crippen molar-refractivity contribution in [2.24, 2.45) is 12.5 Å². The molecule has 0 aliphatic carbocycles. The average Bonchev–Trinajstić information content (AvgIpc) is 2.29. The highest BCUT2D eigenvalue weighted by atomic mass is 16.4. The summed E-state index contributed by atoms with van der Waals surface area (Å²) in [6.07, 6.45) is 2.36. The van der Waals surface area contributed by atoms with Crippen molar-refractivity contribution in [3.8, 4) is 0 Å². The van der Waals surface area contributed by atoms with E-state index in [0.717, 1.165) is 11.3 Å². The molecule has 4 heteroatoms. The number of nitrogens with zero attached hydrogens (tertiary/aromatic N) is 2. The third kappa shape index (κ3) is 2.13. The summed E-state index contributed by atoms with van der Waals surface area (Å²) in [4.78, 5) is 10.9. The number of carbonyl (C=O) groups is 1. The van der Waals surface area contributed by atoms with Gasteiger partial charge in [-0.2, -0.15) is 5.10 Å². The highest BCUT2D eigenvalue weighted by molar-refractivity contribution is 5.74. The van der Waals surface area contributed by atoms with E-state index in [1.165, 1.54) is 0 Å². The third-order valence-electron chi connectivity index (χ3n) is 2.30. The van der Waals surface area contributed by atoms with Gasteiger partial charge in [-0.25, -0.2) is 0 Å². The zero-order chi connectivity index (χ0) is 10.9. The molecule has 0 spiro atoms. The van der Waals surface area contributed by atoms with Gasteiger partial charge in [0.05, 0.1) is 11.1 Å². The molecule has 0 bridgehead atoms. The molecule has 1 heterocycles. The predicted octanol–water partition coefficient (Wildman–Crippen LogP) is 1.38. The van der Waals surface area contributed by atoms with E-state index in [4.69, 9.17) is 5.11 Å². The number of rotatable bonds is 3. The molecule has 1 N–H and O–H groups in total. The molecule has 0 amide bonds. The maximum absolute atomic E-state index is 10.9.